The molecule has 0 unspecified atom stereocenters. The number of halogens is 3. The predicted octanol–water partition coefficient (Wildman–Crippen LogP) is 6.17. The van der Waals surface area contributed by atoms with Gasteiger partial charge in [-0.1, -0.05) is 73.7 Å². The van der Waals surface area contributed by atoms with Crippen molar-refractivity contribution >= 4 is 39.3 Å². The van der Waals surface area contributed by atoms with Crippen LogP contribution in [0.25, 0.3) is 6.08 Å². The minimum absolute atomic E-state index is 0.0279. The summed E-state index contributed by atoms with van der Waals surface area (Å²) in [5, 5.41) is 0. The first-order chi connectivity index (χ1) is 28.2. The number of nitrogens with zero attached hydrogens (tertiary/aromatic N) is 5. The second-order valence-electron chi connectivity index (χ2n) is 14.9. The average molecular weight is 830 g/mol. The number of carbonyl (C=O) groups is 3. The molecule has 0 N–H and O–H groups in total. The number of alkyl halides is 3. The van der Waals surface area contributed by atoms with Crippen molar-refractivity contribution in [3.05, 3.63) is 137 Å². The molecule has 4 aromatic rings. The van der Waals surface area contributed by atoms with Crippen molar-refractivity contribution in [3.8, 4) is 0 Å². The third-order valence-electron chi connectivity index (χ3n) is 11.0. The minimum atomic E-state index is -4.49. The highest BCUT2D eigenvalue weighted by Gasteiger charge is 2.34. The number of sulfone groups is 1. The van der Waals surface area contributed by atoms with Gasteiger partial charge in [0.05, 0.1) is 16.2 Å². The molecule has 0 spiro atoms. The molecule has 2 fully saturated rings. The molecule has 2 saturated heterocycles. The maximum Gasteiger partial charge on any atom is 0.416 e. The largest absolute Gasteiger partial charge is 0.416 e. The molecule has 59 heavy (non-hydrogen) atoms. The van der Waals surface area contributed by atoms with E-state index < -0.39 is 33.5 Å². The lowest BCUT2D eigenvalue weighted by molar-refractivity contribution is -0.145. The van der Waals surface area contributed by atoms with Crippen LogP contribution in [0.4, 0.5) is 18.9 Å². The molecule has 2 aliphatic rings. The second-order valence-corrected chi connectivity index (χ2v) is 17.2. The summed E-state index contributed by atoms with van der Waals surface area (Å²) in [5.74, 6) is -0.595. The van der Waals surface area contributed by atoms with Crippen molar-refractivity contribution in [2.75, 3.05) is 63.0 Å². The quantitative estimate of drug-likeness (QED) is 0.149. The van der Waals surface area contributed by atoms with Crippen molar-refractivity contribution < 1.29 is 36.0 Å². The summed E-state index contributed by atoms with van der Waals surface area (Å²) in [4.78, 5) is 50.7. The number of carbonyl (C=O) groups excluding carboxylic acids is 3. The molecule has 0 saturated carbocycles. The summed E-state index contributed by atoms with van der Waals surface area (Å²) in [7, 11) is -3.30. The van der Waals surface area contributed by atoms with Crippen LogP contribution in [0.1, 0.15) is 41.7 Å². The van der Waals surface area contributed by atoms with E-state index in [-0.39, 0.29) is 35.4 Å². The van der Waals surface area contributed by atoms with Crippen LogP contribution in [-0.2, 0) is 49.9 Å². The van der Waals surface area contributed by atoms with E-state index in [2.05, 4.69) is 9.80 Å². The third kappa shape index (κ3) is 11.4. The van der Waals surface area contributed by atoms with Crippen molar-refractivity contribution in [1.29, 1.82) is 0 Å². The van der Waals surface area contributed by atoms with Crippen molar-refractivity contribution in [2.24, 2.45) is 0 Å². The molecule has 0 radical (unpaired) electrons. The van der Waals surface area contributed by atoms with Gasteiger partial charge < -0.3 is 19.6 Å². The molecule has 1 atom stereocenters. The Morgan fingerprint density at radius 1 is 0.729 bits per heavy atom. The molecule has 6 rings (SSSR count). The zero-order valence-corrected chi connectivity index (χ0v) is 34.2. The lowest BCUT2D eigenvalue weighted by Gasteiger charge is -2.39. The van der Waals surface area contributed by atoms with Gasteiger partial charge in [-0.05, 0) is 64.7 Å². The first kappa shape index (κ1) is 43.1. The van der Waals surface area contributed by atoms with E-state index >= 15 is 0 Å². The Balaban J connectivity index is 1.23. The van der Waals surface area contributed by atoms with Gasteiger partial charge in [0.1, 0.15) is 6.04 Å². The number of piperazine rings is 2. The van der Waals surface area contributed by atoms with Gasteiger partial charge in [0, 0.05) is 90.6 Å². The third-order valence-corrected chi connectivity index (χ3v) is 12.8. The predicted molar refractivity (Wildman–Crippen MR) is 222 cm³/mol. The lowest BCUT2D eigenvalue weighted by Crippen LogP contribution is -2.56. The minimum Gasteiger partial charge on any atom is -0.368 e. The number of hydrogen-bond acceptors (Lipinski definition) is 7. The van der Waals surface area contributed by atoms with E-state index in [0.29, 0.717) is 64.5 Å². The smallest absolute Gasteiger partial charge is 0.368 e. The zero-order valence-electron chi connectivity index (χ0n) is 33.4. The summed E-state index contributed by atoms with van der Waals surface area (Å²) in [6.07, 6.45) is -1.47. The van der Waals surface area contributed by atoms with Crippen LogP contribution in [0, 0.1) is 0 Å². The van der Waals surface area contributed by atoms with Crippen LogP contribution in [-0.4, -0.2) is 110 Å². The number of rotatable bonds is 13. The highest BCUT2D eigenvalue weighted by Crippen LogP contribution is 2.29. The maximum absolute atomic E-state index is 14.7. The maximum atomic E-state index is 14.7. The van der Waals surface area contributed by atoms with Crippen LogP contribution >= 0.6 is 0 Å². The fourth-order valence-electron chi connectivity index (χ4n) is 7.41. The summed E-state index contributed by atoms with van der Waals surface area (Å²) >= 11 is 0. The fourth-order valence-corrected chi connectivity index (χ4v) is 8.29. The van der Waals surface area contributed by atoms with Crippen molar-refractivity contribution in [3.63, 3.8) is 0 Å². The van der Waals surface area contributed by atoms with Crippen molar-refractivity contribution in [1.82, 2.24) is 19.6 Å². The summed E-state index contributed by atoms with van der Waals surface area (Å²) in [5.41, 5.74) is 3.21. The van der Waals surface area contributed by atoms with Gasteiger partial charge in [-0.15, -0.1) is 0 Å². The second kappa shape index (κ2) is 19.1. The van der Waals surface area contributed by atoms with Gasteiger partial charge in [0.25, 0.3) is 0 Å². The van der Waals surface area contributed by atoms with Crippen LogP contribution < -0.4 is 4.90 Å². The molecular weight excluding hydrogens is 780 g/mol. The SMILES string of the molecule is CCS(=O)(=O)c1ccc(CN2CCN(C(=O)[C@H](Cc3ccccc3)N(Cc3ccc(N4CCN(C(C)=O)CC4)cc3)C(=O)/C=C/c3ccc(C(F)(F)F)cc3)CC2)cc1. The van der Waals surface area contributed by atoms with Crippen LogP contribution in [0.15, 0.2) is 114 Å². The lowest BCUT2D eigenvalue weighted by atomic mass is 10.0. The van der Waals surface area contributed by atoms with E-state index in [9.17, 15) is 36.0 Å². The molecule has 3 amide bonds. The van der Waals surface area contributed by atoms with Gasteiger partial charge >= 0.3 is 6.18 Å². The molecule has 0 aromatic heterocycles. The highest BCUT2D eigenvalue weighted by atomic mass is 32.2. The molecule has 14 heteroatoms. The first-order valence-corrected chi connectivity index (χ1v) is 21.5. The molecule has 0 aliphatic carbocycles. The van der Waals surface area contributed by atoms with E-state index in [1.165, 1.54) is 24.3 Å². The van der Waals surface area contributed by atoms with Crippen LogP contribution in [0.3, 0.4) is 0 Å². The Morgan fingerprint density at radius 3 is 1.90 bits per heavy atom. The monoisotopic (exact) mass is 829 g/mol. The Morgan fingerprint density at radius 2 is 1.32 bits per heavy atom. The van der Waals surface area contributed by atoms with Gasteiger partial charge in [-0.3, -0.25) is 19.3 Å². The standard InChI is InChI=1S/C45H50F3N5O5S/c1-3-59(57,58)41-20-13-37(14-21-41)32-49-23-25-52(26-24-49)44(56)42(31-36-7-5-4-6-8-36)53(43(55)22-15-35-9-16-39(17-10-35)45(46,47)48)33-38-11-18-40(19-12-38)51-29-27-50(28-30-51)34(2)54/h4-22,42H,3,23-33H2,1-2H3/b22-15+/t42-/m0/s1. The topological polar surface area (TPSA) is 102 Å². The van der Waals surface area contributed by atoms with Crippen LogP contribution in [0.5, 0.6) is 0 Å². The molecular formula is C45H50F3N5O5S. The fraction of sp³-hybridized carbons (Fsp3) is 0.356. The normalized spacial score (nSPS) is 16.0. The summed E-state index contributed by atoms with van der Waals surface area (Å²) < 4.78 is 64.3. The number of amides is 3. The molecule has 4 aromatic carbocycles. The molecule has 0 bridgehead atoms. The van der Waals surface area contributed by atoms with Crippen LogP contribution in [0.2, 0.25) is 0 Å². The van der Waals surface area contributed by atoms with E-state index in [1.807, 2.05) is 71.6 Å². The zero-order chi connectivity index (χ0) is 42.2. The molecule has 2 aliphatic heterocycles. The highest BCUT2D eigenvalue weighted by molar-refractivity contribution is 7.91. The van der Waals surface area contributed by atoms with E-state index in [1.54, 1.807) is 35.8 Å². The van der Waals surface area contributed by atoms with Gasteiger partial charge in [-0.2, -0.15) is 13.2 Å². The summed E-state index contributed by atoms with van der Waals surface area (Å²) in [6.45, 7) is 8.48. The molecule has 312 valence electrons. The van der Waals surface area contributed by atoms with E-state index in [4.69, 9.17) is 0 Å². The Bertz CT molecular complexity index is 2180. The Labute approximate surface area is 344 Å². The average Bonchev–Trinajstić information content (AvgIpc) is 3.24. The summed E-state index contributed by atoms with van der Waals surface area (Å²) in [6, 6.07) is 27.8. The first-order valence-electron chi connectivity index (χ1n) is 19.8. The van der Waals surface area contributed by atoms with Gasteiger partial charge in [0.15, 0.2) is 9.84 Å². The van der Waals surface area contributed by atoms with Gasteiger partial charge in [-0.25, -0.2) is 8.42 Å². The number of hydrogen-bond donors (Lipinski definition) is 0. The van der Waals surface area contributed by atoms with E-state index in [0.717, 1.165) is 34.5 Å². The Kier molecular flexibility index (Phi) is 13.9. The number of anilines is 1. The Hall–Kier alpha value is -5.47. The molecule has 10 nitrogen and oxygen atoms in total. The number of benzene rings is 4. The van der Waals surface area contributed by atoms with Gasteiger partial charge in [0.2, 0.25) is 17.7 Å². The molecule has 2 heterocycles. The van der Waals surface area contributed by atoms with Crippen molar-refractivity contribution in [2.45, 2.75) is 50.5 Å².